The molecule has 0 aromatic rings. The third-order valence-corrected chi connectivity index (χ3v) is 1.40. The van der Waals surface area contributed by atoms with E-state index in [0.29, 0.717) is 19.9 Å². The maximum Gasteiger partial charge on any atom is 0.146 e. The standard InChI is InChI=1S/C8H20N2O2/c9-4-1-2-6-11-8-12-7-3-5-10/h1-10H2. The Bertz CT molecular complexity index is 71.5. The first kappa shape index (κ1) is 11.8. The summed E-state index contributed by atoms with van der Waals surface area (Å²) in [4.78, 5) is 0. The molecular formula is C8H20N2O2. The number of nitrogens with two attached hydrogens (primary N) is 2. The van der Waals surface area contributed by atoms with Gasteiger partial charge in [-0.3, -0.25) is 0 Å². The molecule has 0 spiro atoms. The Hall–Kier alpha value is -0.160. The van der Waals surface area contributed by atoms with Crippen molar-refractivity contribution in [2.75, 3.05) is 33.1 Å². The smallest absolute Gasteiger partial charge is 0.146 e. The summed E-state index contributed by atoms with van der Waals surface area (Å²) in [5, 5.41) is 0. The zero-order valence-electron chi connectivity index (χ0n) is 7.63. The summed E-state index contributed by atoms with van der Waals surface area (Å²) in [6, 6.07) is 0. The fourth-order valence-corrected chi connectivity index (χ4v) is 0.711. The lowest BCUT2D eigenvalue weighted by Crippen LogP contribution is -2.08. The molecule has 0 aliphatic carbocycles. The minimum Gasteiger partial charge on any atom is -0.355 e. The lowest BCUT2D eigenvalue weighted by atomic mass is 10.3. The summed E-state index contributed by atoms with van der Waals surface area (Å²) in [7, 11) is 0. The average Bonchev–Trinajstić information content (AvgIpc) is 2.10. The van der Waals surface area contributed by atoms with Crippen molar-refractivity contribution in [3.05, 3.63) is 0 Å². The van der Waals surface area contributed by atoms with Crippen LogP contribution in [0.4, 0.5) is 0 Å². The van der Waals surface area contributed by atoms with Crippen LogP contribution in [0.25, 0.3) is 0 Å². The van der Waals surface area contributed by atoms with Crippen LogP contribution in [-0.2, 0) is 9.47 Å². The Morgan fingerprint density at radius 1 is 0.750 bits per heavy atom. The normalized spacial score (nSPS) is 10.5. The highest BCUT2D eigenvalue weighted by atomic mass is 16.7. The van der Waals surface area contributed by atoms with Gasteiger partial charge in [-0.2, -0.15) is 0 Å². The van der Waals surface area contributed by atoms with Crippen LogP contribution in [0.5, 0.6) is 0 Å². The van der Waals surface area contributed by atoms with E-state index in [4.69, 9.17) is 20.9 Å². The van der Waals surface area contributed by atoms with E-state index in [9.17, 15) is 0 Å². The first-order valence-electron chi connectivity index (χ1n) is 4.47. The molecule has 0 aliphatic heterocycles. The van der Waals surface area contributed by atoms with Gasteiger partial charge in [0.2, 0.25) is 0 Å². The second-order valence-electron chi connectivity index (χ2n) is 2.57. The van der Waals surface area contributed by atoms with Crippen LogP contribution in [0.2, 0.25) is 0 Å². The number of unbranched alkanes of at least 4 members (excludes halogenated alkanes) is 1. The van der Waals surface area contributed by atoms with Crippen molar-refractivity contribution < 1.29 is 9.47 Å². The van der Waals surface area contributed by atoms with E-state index in [0.717, 1.165) is 32.4 Å². The summed E-state index contributed by atoms with van der Waals surface area (Å²) in [6.45, 7) is 3.21. The molecule has 0 amide bonds. The van der Waals surface area contributed by atoms with E-state index < -0.39 is 0 Å². The summed E-state index contributed by atoms with van der Waals surface area (Å²) < 4.78 is 10.3. The molecule has 0 aromatic carbocycles. The molecule has 0 saturated carbocycles. The SMILES string of the molecule is NCCCCOCOCCCN. The minimum atomic E-state index is 0.380. The van der Waals surface area contributed by atoms with E-state index in [2.05, 4.69) is 0 Å². The highest BCUT2D eigenvalue weighted by Gasteiger charge is 1.88. The third kappa shape index (κ3) is 9.84. The fourth-order valence-electron chi connectivity index (χ4n) is 0.711. The number of ether oxygens (including phenoxy) is 2. The van der Waals surface area contributed by atoms with Gasteiger partial charge in [0, 0.05) is 6.61 Å². The van der Waals surface area contributed by atoms with E-state index in [1.54, 1.807) is 0 Å². The van der Waals surface area contributed by atoms with Crippen molar-refractivity contribution >= 4 is 0 Å². The van der Waals surface area contributed by atoms with Crippen LogP contribution in [0.1, 0.15) is 19.3 Å². The lowest BCUT2D eigenvalue weighted by Gasteiger charge is -2.04. The fraction of sp³-hybridized carbons (Fsp3) is 1.00. The van der Waals surface area contributed by atoms with Crippen molar-refractivity contribution in [1.82, 2.24) is 0 Å². The molecule has 0 fully saturated rings. The monoisotopic (exact) mass is 176 g/mol. The molecule has 0 saturated heterocycles. The lowest BCUT2D eigenvalue weighted by molar-refractivity contribution is -0.0545. The predicted octanol–water partition coefficient (Wildman–Crippen LogP) is 0.0648. The second-order valence-corrected chi connectivity index (χ2v) is 2.57. The van der Waals surface area contributed by atoms with E-state index >= 15 is 0 Å². The second kappa shape index (κ2) is 10.8. The van der Waals surface area contributed by atoms with Crippen molar-refractivity contribution in [2.24, 2.45) is 11.5 Å². The van der Waals surface area contributed by atoms with E-state index in [-0.39, 0.29) is 0 Å². The molecule has 4 nitrogen and oxygen atoms in total. The minimum absolute atomic E-state index is 0.380. The van der Waals surface area contributed by atoms with Crippen molar-refractivity contribution in [3.8, 4) is 0 Å². The summed E-state index contributed by atoms with van der Waals surface area (Å²) in [5.74, 6) is 0. The molecule has 0 aromatic heterocycles. The Kier molecular flexibility index (Phi) is 10.7. The van der Waals surface area contributed by atoms with Gasteiger partial charge >= 0.3 is 0 Å². The largest absolute Gasteiger partial charge is 0.355 e. The van der Waals surface area contributed by atoms with Crippen LogP contribution in [0.3, 0.4) is 0 Å². The molecule has 4 N–H and O–H groups in total. The Labute approximate surface area is 74.2 Å². The van der Waals surface area contributed by atoms with E-state index in [1.165, 1.54) is 0 Å². The van der Waals surface area contributed by atoms with Crippen molar-refractivity contribution in [1.29, 1.82) is 0 Å². The van der Waals surface area contributed by atoms with Gasteiger partial charge in [-0.1, -0.05) is 0 Å². The molecule has 0 aliphatic rings. The number of hydrogen-bond acceptors (Lipinski definition) is 4. The molecule has 0 radical (unpaired) electrons. The zero-order valence-corrected chi connectivity index (χ0v) is 7.63. The molecule has 0 bridgehead atoms. The average molecular weight is 176 g/mol. The molecule has 12 heavy (non-hydrogen) atoms. The van der Waals surface area contributed by atoms with Crippen molar-refractivity contribution in [3.63, 3.8) is 0 Å². The molecule has 74 valence electrons. The van der Waals surface area contributed by atoms with Gasteiger partial charge in [-0.05, 0) is 32.4 Å². The number of hydrogen-bond donors (Lipinski definition) is 2. The van der Waals surface area contributed by atoms with Gasteiger partial charge < -0.3 is 20.9 Å². The third-order valence-electron chi connectivity index (χ3n) is 1.40. The van der Waals surface area contributed by atoms with Crippen LogP contribution >= 0.6 is 0 Å². The molecule has 0 heterocycles. The van der Waals surface area contributed by atoms with Gasteiger partial charge in [0.05, 0.1) is 6.61 Å². The quantitative estimate of drug-likeness (QED) is 0.385. The highest BCUT2D eigenvalue weighted by molar-refractivity contribution is 4.37. The van der Waals surface area contributed by atoms with Crippen LogP contribution in [0, 0.1) is 0 Å². The zero-order chi connectivity index (χ0) is 9.07. The summed E-state index contributed by atoms with van der Waals surface area (Å²) in [5.41, 5.74) is 10.6. The summed E-state index contributed by atoms with van der Waals surface area (Å²) in [6.07, 6.45) is 2.92. The van der Waals surface area contributed by atoms with Crippen molar-refractivity contribution in [2.45, 2.75) is 19.3 Å². The Morgan fingerprint density at radius 2 is 1.33 bits per heavy atom. The van der Waals surface area contributed by atoms with Gasteiger partial charge in [0.25, 0.3) is 0 Å². The van der Waals surface area contributed by atoms with Crippen LogP contribution in [-0.4, -0.2) is 33.1 Å². The van der Waals surface area contributed by atoms with Gasteiger partial charge in [-0.15, -0.1) is 0 Å². The van der Waals surface area contributed by atoms with Crippen LogP contribution in [0.15, 0.2) is 0 Å². The van der Waals surface area contributed by atoms with E-state index in [1.807, 2.05) is 0 Å². The maximum absolute atomic E-state index is 5.31. The number of rotatable bonds is 9. The first-order chi connectivity index (χ1) is 5.91. The molecule has 0 atom stereocenters. The Balaban J connectivity index is 2.73. The van der Waals surface area contributed by atoms with Gasteiger partial charge in [0.15, 0.2) is 0 Å². The molecular weight excluding hydrogens is 156 g/mol. The Morgan fingerprint density at radius 3 is 1.92 bits per heavy atom. The summed E-state index contributed by atoms with van der Waals surface area (Å²) >= 11 is 0. The van der Waals surface area contributed by atoms with Gasteiger partial charge in [-0.25, -0.2) is 0 Å². The molecule has 0 unspecified atom stereocenters. The molecule has 4 heteroatoms. The molecule has 0 rings (SSSR count). The topological polar surface area (TPSA) is 70.5 Å². The highest BCUT2D eigenvalue weighted by Crippen LogP contribution is 1.88. The maximum atomic E-state index is 5.31. The van der Waals surface area contributed by atoms with Gasteiger partial charge in [0.1, 0.15) is 6.79 Å². The van der Waals surface area contributed by atoms with Crippen LogP contribution < -0.4 is 11.5 Å². The predicted molar refractivity (Wildman–Crippen MR) is 48.7 cm³/mol. The first-order valence-corrected chi connectivity index (χ1v) is 4.47.